The topological polar surface area (TPSA) is 114 Å². The third kappa shape index (κ3) is 7.30. The van der Waals surface area contributed by atoms with Gasteiger partial charge in [-0.05, 0) is 55.2 Å². The fourth-order valence-electron chi connectivity index (χ4n) is 4.87. The molecule has 194 valence electrons. The van der Waals surface area contributed by atoms with Crippen LogP contribution < -0.4 is 21.0 Å². The number of hydrogen-bond donors (Lipinski definition) is 4. The number of carbonyl (C=O) groups is 3. The van der Waals surface area contributed by atoms with Crippen molar-refractivity contribution in [2.45, 2.75) is 65.3 Å². The van der Waals surface area contributed by atoms with E-state index in [9.17, 15) is 18.8 Å². The van der Waals surface area contributed by atoms with Gasteiger partial charge in [0, 0.05) is 25.3 Å². The maximum absolute atomic E-state index is 14.7. The van der Waals surface area contributed by atoms with E-state index in [2.05, 4.69) is 10.6 Å². The highest BCUT2D eigenvalue weighted by molar-refractivity contribution is 5.95. The molecule has 35 heavy (non-hydrogen) atoms. The first-order valence-electron chi connectivity index (χ1n) is 12.4. The summed E-state index contributed by atoms with van der Waals surface area (Å²) in [5.74, 6) is -1.23. The normalized spacial score (nSPS) is 17.2. The summed E-state index contributed by atoms with van der Waals surface area (Å²) >= 11 is 0. The van der Waals surface area contributed by atoms with Crippen LogP contribution in [0.1, 0.15) is 59.3 Å². The zero-order chi connectivity index (χ0) is 25.6. The summed E-state index contributed by atoms with van der Waals surface area (Å²) in [6.45, 7) is 7.16. The molecule has 4 amide bonds. The van der Waals surface area contributed by atoms with Gasteiger partial charge in [-0.25, -0.2) is 14.7 Å². The molecule has 1 unspecified atom stereocenters. The van der Waals surface area contributed by atoms with Crippen LogP contribution in [0.2, 0.25) is 0 Å². The number of rotatable bonds is 8. The number of amides is 4. The van der Waals surface area contributed by atoms with Crippen molar-refractivity contribution in [1.82, 2.24) is 15.7 Å². The first-order valence-corrected chi connectivity index (χ1v) is 12.4. The van der Waals surface area contributed by atoms with E-state index in [1.807, 2.05) is 25.7 Å². The van der Waals surface area contributed by atoms with E-state index >= 15 is 0 Å². The minimum absolute atomic E-state index is 0.275. The Morgan fingerprint density at radius 2 is 1.80 bits per heavy atom. The smallest absolute Gasteiger partial charge is 0.319 e. The quantitative estimate of drug-likeness (QED) is 0.328. The van der Waals surface area contributed by atoms with Crippen LogP contribution in [0.4, 0.5) is 20.6 Å². The van der Waals surface area contributed by atoms with Gasteiger partial charge in [0.25, 0.3) is 5.91 Å². The van der Waals surface area contributed by atoms with Crippen LogP contribution in [0.25, 0.3) is 0 Å². The number of hydrogen-bond acceptors (Lipinski definition) is 5. The fourth-order valence-corrected chi connectivity index (χ4v) is 4.87. The summed E-state index contributed by atoms with van der Waals surface area (Å²) in [5.41, 5.74) is 1.72. The largest absolute Gasteiger partial charge is 0.369 e. The van der Waals surface area contributed by atoms with Crippen molar-refractivity contribution in [2.24, 2.45) is 11.3 Å². The molecule has 1 aromatic carbocycles. The molecule has 0 aromatic heterocycles. The van der Waals surface area contributed by atoms with Gasteiger partial charge in [0.2, 0.25) is 5.91 Å². The number of anilines is 2. The van der Waals surface area contributed by atoms with E-state index in [1.54, 1.807) is 17.6 Å². The van der Waals surface area contributed by atoms with Crippen molar-refractivity contribution < 1.29 is 24.0 Å². The molecule has 1 heterocycles. The number of nitrogens with one attached hydrogen (secondary N) is 3. The molecular weight excluding hydrogens is 453 g/mol. The Bertz CT molecular complexity index is 908. The number of urea groups is 1. The molecule has 0 bridgehead atoms. The number of benzene rings is 1. The van der Waals surface area contributed by atoms with Gasteiger partial charge in [0.05, 0.1) is 5.69 Å². The molecule has 1 aliphatic carbocycles. The SMILES string of the molecule is CC(C)(C)C(NC(=O)Nc1ccc(N2CCCC2)c(F)c1)C(=O)N(CC(=O)NO)CC1CCCC1. The maximum Gasteiger partial charge on any atom is 0.319 e. The van der Waals surface area contributed by atoms with Crippen LogP contribution in [0.3, 0.4) is 0 Å². The molecule has 0 spiro atoms. The van der Waals surface area contributed by atoms with Gasteiger partial charge in [-0.3, -0.25) is 14.8 Å². The zero-order valence-corrected chi connectivity index (χ0v) is 20.9. The summed E-state index contributed by atoms with van der Waals surface area (Å²) in [7, 11) is 0. The number of nitrogens with zero attached hydrogens (tertiary/aromatic N) is 2. The van der Waals surface area contributed by atoms with Crippen LogP contribution in [0.15, 0.2) is 18.2 Å². The fraction of sp³-hybridized carbons (Fsp3) is 0.640. The molecule has 10 heteroatoms. The van der Waals surface area contributed by atoms with Crippen molar-refractivity contribution in [1.29, 1.82) is 0 Å². The molecule has 1 aromatic rings. The predicted octanol–water partition coefficient (Wildman–Crippen LogP) is 3.49. The molecule has 2 fully saturated rings. The van der Waals surface area contributed by atoms with Crippen LogP contribution in [-0.4, -0.2) is 60.2 Å². The van der Waals surface area contributed by atoms with Crippen LogP contribution in [0, 0.1) is 17.2 Å². The summed E-state index contributed by atoms with van der Waals surface area (Å²) in [4.78, 5) is 41.6. The Morgan fingerprint density at radius 3 is 2.37 bits per heavy atom. The predicted molar refractivity (Wildman–Crippen MR) is 132 cm³/mol. The Labute approximate surface area is 206 Å². The lowest BCUT2D eigenvalue weighted by Gasteiger charge is -2.35. The van der Waals surface area contributed by atoms with Gasteiger partial charge < -0.3 is 20.4 Å². The molecular formula is C25H38FN5O4. The first kappa shape index (κ1) is 26.7. The number of halogens is 1. The van der Waals surface area contributed by atoms with E-state index in [1.165, 1.54) is 11.0 Å². The summed E-state index contributed by atoms with van der Waals surface area (Å²) in [6, 6.07) is 2.99. The zero-order valence-electron chi connectivity index (χ0n) is 20.9. The maximum atomic E-state index is 14.7. The van der Waals surface area contributed by atoms with E-state index in [0.717, 1.165) is 51.6 Å². The molecule has 1 saturated heterocycles. The van der Waals surface area contributed by atoms with Crippen molar-refractivity contribution in [3.63, 3.8) is 0 Å². The lowest BCUT2D eigenvalue weighted by Crippen LogP contribution is -2.57. The number of carbonyl (C=O) groups excluding carboxylic acids is 3. The van der Waals surface area contributed by atoms with Gasteiger partial charge in [-0.1, -0.05) is 33.6 Å². The van der Waals surface area contributed by atoms with Crippen LogP contribution in [0.5, 0.6) is 0 Å². The third-order valence-corrected chi connectivity index (χ3v) is 6.76. The standard InChI is InChI=1S/C25H38FN5O4/c1-25(2,3)22(23(33)31(16-21(32)29-35)15-17-8-4-5-9-17)28-24(34)27-18-10-11-20(19(26)14-18)30-12-6-7-13-30/h10-11,14,17,22,35H,4-9,12-13,15-16H2,1-3H3,(H,29,32)(H2,27,28,34). The second-order valence-electron chi connectivity index (χ2n) is 10.7. The minimum Gasteiger partial charge on any atom is -0.369 e. The van der Waals surface area contributed by atoms with Crippen LogP contribution in [-0.2, 0) is 9.59 Å². The Balaban J connectivity index is 1.70. The monoisotopic (exact) mass is 491 g/mol. The van der Waals surface area contributed by atoms with E-state index in [-0.39, 0.29) is 18.2 Å². The van der Waals surface area contributed by atoms with Gasteiger partial charge in [-0.15, -0.1) is 0 Å². The van der Waals surface area contributed by atoms with E-state index < -0.39 is 35.1 Å². The molecule has 1 aliphatic heterocycles. The molecule has 3 rings (SSSR count). The highest BCUT2D eigenvalue weighted by Gasteiger charge is 2.37. The lowest BCUT2D eigenvalue weighted by atomic mass is 9.85. The summed E-state index contributed by atoms with van der Waals surface area (Å²) in [6.07, 6.45) is 6.16. The van der Waals surface area contributed by atoms with Crippen LogP contribution >= 0.6 is 0 Å². The van der Waals surface area contributed by atoms with Crippen molar-refractivity contribution in [3.05, 3.63) is 24.0 Å². The minimum atomic E-state index is -0.941. The molecule has 4 N–H and O–H groups in total. The average Bonchev–Trinajstić information content (AvgIpc) is 3.50. The average molecular weight is 492 g/mol. The summed E-state index contributed by atoms with van der Waals surface area (Å²) in [5, 5.41) is 14.3. The molecule has 2 aliphatic rings. The lowest BCUT2D eigenvalue weighted by molar-refractivity contribution is -0.142. The van der Waals surface area contributed by atoms with E-state index in [4.69, 9.17) is 5.21 Å². The van der Waals surface area contributed by atoms with Crippen molar-refractivity contribution >= 4 is 29.2 Å². The molecule has 9 nitrogen and oxygen atoms in total. The molecule has 1 atom stereocenters. The highest BCUT2D eigenvalue weighted by atomic mass is 19.1. The Kier molecular flexibility index (Phi) is 8.93. The van der Waals surface area contributed by atoms with Crippen molar-refractivity contribution in [2.75, 3.05) is 36.4 Å². The Hall–Kier alpha value is -2.88. The van der Waals surface area contributed by atoms with Gasteiger partial charge in [-0.2, -0.15) is 0 Å². The van der Waals surface area contributed by atoms with Gasteiger partial charge in [0.15, 0.2) is 0 Å². The molecule has 1 saturated carbocycles. The van der Waals surface area contributed by atoms with Crippen molar-refractivity contribution in [3.8, 4) is 0 Å². The molecule has 0 radical (unpaired) electrons. The highest BCUT2D eigenvalue weighted by Crippen LogP contribution is 2.28. The summed E-state index contributed by atoms with van der Waals surface area (Å²) < 4.78 is 14.7. The van der Waals surface area contributed by atoms with E-state index in [0.29, 0.717) is 12.2 Å². The number of hydroxylamine groups is 1. The Morgan fingerprint density at radius 1 is 1.14 bits per heavy atom. The second-order valence-corrected chi connectivity index (χ2v) is 10.7. The second kappa shape index (κ2) is 11.7. The first-order chi connectivity index (χ1) is 16.6. The van der Waals surface area contributed by atoms with Gasteiger partial charge in [0.1, 0.15) is 18.4 Å². The third-order valence-electron chi connectivity index (χ3n) is 6.76. The van der Waals surface area contributed by atoms with Gasteiger partial charge >= 0.3 is 6.03 Å².